The number of benzene rings is 3. The van der Waals surface area contributed by atoms with Gasteiger partial charge in [0.15, 0.2) is 0 Å². The van der Waals surface area contributed by atoms with E-state index in [1.807, 2.05) is 0 Å². The Hall–Kier alpha value is -2.97. The van der Waals surface area contributed by atoms with Crippen LogP contribution in [0.25, 0.3) is 0 Å². The summed E-state index contributed by atoms with van der Waals surface area (Å²) in [6, 6.07) is 14.1. The lowest BCUT2D eigenvalue weighted by Crippen LogP contribution is -2.15. The van der Waals surface area contributed by atoms with Gasteiger partial charge in [-0.3, -0.25) is 9.52 Å². The minimum atomic E-state index is -4.03. The van der Waals surface area contributed by atoms with Crippen molar-refractivity contribution >= 4 is 38.9 Å². The number of halogens is 3. The average Bonchev–Trinajstić information content (AvgIpc) is 2.66. The highest BCUT2D eigenvalue weighted by Crippen LogP contribution is 2.21. The molecule has 0 aliphatic carbocycles. The lowest BCUT2D eigenvalue weighted by Gasteiger charge is -2.10. The molecule has 0 heterocycles. The zero-order chi connectivity index (χ0) is 20.3. The zero-order valence-electron chi connectivity index (χ0n) is 14.1. The Morgan fingerprint density at radius 2 is 1.57 bits per heavy atom. The summed E-state index contributed by atoms with van der Waals surface area (Å²) in [5.41, 5.74) is 0.275. The molecule has 0 saturated heterocycles. The van der Waals surface area contributed by atoms with Gasteiger partial charge in [-0.05, 0) is 54.6 Å². The molecule has 2 N–H and O–H groups in total. The lowest BCUT2D eigenvalue weighted by molar-refractivity contribution is 0.102. The molecule has 0 bridgehead atoms. The minimum absolute atomic E-state index is 0.140. The van der Waals surface area contributed by atoms with Gasteiger partial charge in [0.25, 0.3) is 15.9 Å². The minimum Gasteiger partial charge on any atom is -0.322 e. The van der Waals surface area contributed by atoms with Crippen LogP contribution in [0.3, 0.4) is 0 Å². The molecular weight excluding hydrogens is 410 g/mol. The summed E-state index contributed by atoms with van der Waals surface area (Å²) in [6.45, 7) is 0. The average molecular weight is 423 g/mol. The van der Waals surface area contributed by atoms with Gasteiger partial charge in [0, 0.05) is 11.3 Å². The fourth-order valence-electron chi connectivity index (χ4n) is 2.31. The first kappa shape index (κ1) is 19.8. The first-order valence-electron chi connectivity index (χ1n) is 7.90. The Morgan fingerprint density at radius 1 is 0.893 bits per heavy atom. The molecule has 3 aromatic carbocycles. The summed E-state index contributed by atoms with van der Waals surface area (Å²) in [7, 11) is -4.03. The van der Waals surface area contributed by atoms with Crippen molar-refractivity contribution in [1.82, 2.24) is 0 Å². The number of hydrogen-bond donors (Lipinski definition) is 2. The molecule has 28 heavy (non-hydrogen) atoms. The Balaban J connectivity index is 1.76. The highest BCUT2D eigenvalue weighted by Gasteiger charge is 2.17. The van der Waals surface area contributed by atoms with Crippen molar-refractivity contribution in [3.8, 4) is 0 Å². The van der Waals surface area contributed by atoms with E-state index in [0.29, 0.717) is 0 Å². The van der Waals surface area contributed by atoms with Crippen LogP contribution in [0.5, 0.6) is 0 Å². The largest absolute Gasteiger partial charge is 0.322 e. The third-order valence-electron chi connectivity index (χ3n) is 3.72. The topological polar surface area (TPSA) is 75.3 Å². The van der Waals surface area contributed by atoms with E-state index in [2.05, 4.69) is 10.0 Å². The Morgan fingerprint density at radius 3 is 2.21 bits per heavy atom. The monoisotopic (exact) mass is 422 g/mol. The second kappa shape index (κ2) is 7.95. The molecule has 0 saturated carbocycles. The van der Waals surface area contributed by atoms with Crippen molar-refractivity contribution in [3.05, 3.63) is 89.0 Å². The van der Waals surface area contributed by atoms with Crippen LogP contribution in [0.15, 0.2) is 71.6 Å². The maximum absolute atomic E-state index is 13.7. The second-order valence-corrected chi connectivity index (χ2v) is 7.78. The maximum atomic E-state index is 13.7. The quantitative estimate of drug-likeness (QED) is 0.627. The fraction of sp³-hybridized carbons (Fsp3) is 0. The van der Waals surface area contributed by atoms with Crippen molar-refractivity contribution in [3.63, 3.8) is 0 Å². The smallest absolute Gasteiger partial charge is 0.261 e. The number of anilines is 2. The van der Waals surface area contributed by atoms with Crippen LogP contribution in [0, 0.1) is 11.6 Å². The van der Waals surface area contributed by atoms with Gasteiger partial charge in [-0.2, -0.15) is 0 Å². The molecule has 0 fully saturated rings. The van der Waals surface area contributed by atoms with E-state index in [9.17, 15) is 22.0 Å². The van der Waals surface area contributed by atoms with E-state index in [4.69, 9.17) is 11.6 Å². The number of carbonyl (C=O) groups excluding carboxylic acids is 1. The number of amides is 1. The predicted molar refractivity (Wildman–Crippen MR) is 103 cm³/mol. The summed E-state index contributed by atoms with van der Waals surface area (Å²) in [4.78, 5) is 12.1. The van der Waals surface area contributed by atoms with Crippen LogP contribution in [0.2, 0.25) is 5.02 Å². The van der Waals surface area contributed by atoms with Crippen molar-refractivity contribution < 1.29 is 22.0 Å². The third kappa shape index (κ3) is 4.47. The lowest BCUT2D eigenvalue weighted by atomic mass is 10.2. The van der Waals surface area contributed by atoms with E-state index in [0.717, 1.165) is 12.1 Å². The van der Waals surface area contributed by atoms with E-state index in [-0.39, 0.29) is 26.9 Å². The maximum Gasteiger partial charge on any atom is 0.261 e. The van der Waals surface area contributed by atoms with E-state index in [1.165, 1.54) is 54.6 Å². The number of nitrogens with one attached hydrogen (secondary N) is 2. The van der Waals surface area contributed by atoms with Crippen molar-refractivity contribution in [2.45, 2.75) is 4.90 Å². The molecule has 0 aliphatic heterocycles. The van der Waals surface area contributed by atoms with E-state index >= 15 is 0 Å². The Bertz CT molecular complexity index is 1140. The number of rotatable bonds is 5. The van der Waals surface area contributed by atoms with E-state index in [1.54, 1.807) is 0 Å². The van der Waals surface area contributed by atoms with Gasteiger partial charge in [-0.25, -0.2) is 17.2 Å². The van der Waals surface area contributed by atoms with Gasteiger partial charge in [-0.1, -0.05) is 23.7 Å². The summed E-state index contributed by atoms with van der Waals surface area (Å²) in [5.74, 6) is -1.86. The van der Waals surface area contributed by atoms with Gasteiger partial charge in [0.2, 0.25) is 0 Å². The molecule has 144 valence electrons. The normalized spacial score (nSPS) is 11.1. The zero-order valence-corrected chi connectivity index (χ0v) is 15.7. The predicted octanol–water partition coefficient (Wildman–Crippen LogP) is 4.67. The van der Waals surface area contributed by atoms with Crippen molar-refractivity contribution in [2.24, 2.45) is 0 Å². The first-order valence-corrected chi connectivity index (χ1v) is 9.76. The van der Waals surface area contributed by atoms with Crippen molar-refractivity contribution in [2.75, 3.05) is 10.0 Å². The highest BCUT2D eigenvalue weighted by atomic mass is 35.5. The number of sulfonamides is 1. The van der Waals surface area contributed by atoms with Gasteiger partial charge in [-0.15, -0.1) is 0 Å². The molecule has 0 spiro atoms. The van der Waals surface area contributed by atoms with Gasteiger partial charge >= 0.3 is 0 Å². The van der Waals surface area contributed by atoms with Crippen LogP contribution in [0.1, 0.15) is 10.4 Å². The number of para-hydroxylation sites is 1. The summed E-state index contributed by atoms with van der Waals surface area (Å²) in [5, 5.41) is 2.39. The molecule has 9 heteroatoms. The van der Waals surface area contributed by atoms with Crippen LogP contribution < -0.4 is 10.0 Å². The Kier molecular flexibility index (Phi) is 5.62. The Labute approximate surface area is 165 Å². The van der Waals surface area contributed by atoms with Crippen LogP contribution in [-0.4, -0.2) is 14.3 Å². The molecule has 0 aromatic heterocycles. The molecule has 0 atom stereocenters. The van der Waals surface area contributed by atoms with Crippen molar-refractivity contribution in [1.29, 1.82) is 0 Å². The van der Waals surface area contributed by atoms with E-state index < -0.39 is 27.6 Å². The molecular formula is C19H13ClF2N2O3S. The second-order valence-electron chi connectivity index (χ2n) is 5.69. The SMILES string of the molecule is O=C(Nc1ccc(F)c(Cl)c1)c1ccc(S(=O)(=O)Nc2ccccc2F)cc1. The number of hydrogen-bond acceptors (Lipinski definition) is 3. The molecule has 3 aromatic rings. The molecule has 1 amide bonds. The standard InChI is InChI=1S/C19H13ClF2N2O3S/c20-15-11-13(7-10-16(15)21)23-19(25)12-5-8-14(9-6-12)28(26,27)24-18-4-2-1-3-17(18)22/h1-11,24H,(H,23,25). The van der Waals surface area contributed by atoms with Gasteiger partial charge < -0.3 is 5.32 Å². The van der Waals surface area contributed by atoms with Crippen LogP contribution >= 0.6 is 11.6 Å². The number of carbonyl (C=O) groups is 1. The fourth-order valence-corrected chi connectivity index (χ4v) is 3.56. The summed E-state index contributed by atoms with van der Waals surface area (Å²) >= 11 is 5.67. The highest BCUT2D eigenvalue weighted by molar-refractivity contribution is 7.92. The van der Waals surface area contributed by atoms with Crippen LogP contribution in [-0.2, 0) is 10.0 Å². The third-order valence-corrected chi connectivity index (χ3v) is 5.39. The first-order chi connectivity index (χ1) is 13.3. The summed E-state index contributed by atoms with van der Waals surface area (Å²) in [6.07, 6.45) is 0. The molecule has 3 rings (SSSR count). The van der Waals surface area contributed by atoms with Crippen LogP contribution in [0.4, 0.5) is 20.2 Å². The molecule has 0 unspecified atom stereocenters. The summed E-state index contributed by atoms with van der Waals surface area (Å²) < 4.78 is 53.7. The van der Waals surface area contributed by atoms with Gasteiger partial charge in [0.1, 0.15) is 11.6 Å². The van der Waals surface area contributed by atoms with Gasteiger partial charge in [0.05, 0.1) is 15.6 Å². The molecule has 0 radical (unpaired) electrons. The molecule has 0 aliphatic rings. The molecule has 5 nitrogen and oxygen atoms in total.